The lowest BCUT2D eigenvalue weighted by Gasteiger charge is -2.04. The Labute approximate surface area is 120 Å². The number of carbonyl (C=O) groups is 2. The van der Waals surface area contributed by atoms with E-state index in [1.54, 1.807) is 25.4 Å². The molecule has 2 rings (SSSR count). The van der Waals surface area contributed by atoms with E-state index in [2.05, 4.69) is 25.7 Å². The maximum absolute atomic E-state index is 11.6. The number of fused-ring (bicyclic) bond motifs is 1. The van der Waals surface area contributed by atoms with Crippen LogP contribution < -0.4 is 10.6 Å². The van der Waals surface area contributed by atoms with Gasteiger partial charge in [-0.15, -0.1) is 5.10 Å². The van der Waals surface area contributed by atoms with Crippen LogP contribution in [0.2, 0.25) is 0 Å². The molecule has 0 aliphatic rings. The van der Waals surface area contributed by atoms with Crippen molar-refractivity contribution in [2.45, 2.75) is 13.5 Å². The molecule has 2 heterocycles. The predicted octanol–water partition coefficient (Wildman–Crippen LogP) is -1.11. The molecule has 0 aliphatic carbocycles. The topological polar surface area (TPSA) is 111 Å². The van der Waals surface area contributed by atoms with Gasteiger partial charge in [-0.25, -0.2) is 9.50 Å². The maximum atomic E-state index is 11.6. The molecule has 0 radical (unpaired) electrons. The molecule has 9 heteroatoms. The summed E-state index contributed by atoms with van der Waals surface area (Å²) in [6.07, 6.45) is 3.34. The molecular formula is C12H16N6O3. The first kappa shape index (κ1) is 14.9. The van der Waals surface area contributed by atoms with Crippen LogP contribution >= 0.6 is 0 Å². The van der Waals surface area contributed by atoms with Gasteiger partial charge >= 0.3 is 5.97 Å². The second kappa shape index (κ2) is 7.29. The number of rotatable bonds is 7. The van der Waals surface area contributed by atoms with Crippen LogP contribution in [0, 0.1) is 0 Å². The zero-order valence-corrected chi connectivity index (χ0v) is 11.6. The smallest absolute Gasteiger partial charge is 0.319 e. The number of hydrogen-bond donors (Lipinski definition) is 2. The first-order valence-corrected chi connectivity index (χ1v) is 6.48. The van der Waals surface area contributed by atoms with Gasteiger partial charge in [0.1, 0.15) is 0 Å². The molecule has 0 fully saturated rings. The van der Waals surface area contributed by atoms with Gasteiger partial charge in [0.05, 0.1) is 26.2 Å². The van der Waals surface area contributed by atoms with Gasteiger partial charge < -0.3 is 10.1 Å². The van der Waals surface area contributed by atoms with E-state index in [1.165, 1.54) is 4.52 Å². The van der Waals surface area contributed by atoms with E-state index >= 15 is 0 Å². The molecule has 0 atom stereocenters. The molecule has 0 bridgehead atoms. The van der Waals surface area contributed by atoms with Gasteiger partial charge in [-0.3, -0.25) is 14.9 Å². The lowest BCUT2D eigenvalue weighted by atomic mass is 10.5. The van der Waals surface area contributed by atoms with Crippen LogP contribution in [0.25, 0.3) is 5.78 Å². The van der Waals surface area contributed by atoms with Crippen LogP contribution in [0.3, 0.4) is 0 Å². The van der Waals surface area contributed by atoms with E-state index in [-0.39, 0.29) is 25.5 Å². The molecule has 2 aromatic heterocycles. The van der Waals surface area contributed by atoms with Crippen LogP contribution in [0.4, 0.5) is 0 Å². The highest BCUT2D eigenvalue weighted by Gasteiger charge is 2.07. The summed E-state index contributed by atoms with van der Waals surface area (Å²) in [6.45, 7) is 2.26. The summed E-state index contributed by atoms with van der Waals surface area (Å²) in [5.74, 6) is 0.291. The largest absolute Gasteiger partial charge is 0.465 e. The van der Waals surface area contributed by atoms with Crippen LogP contribution in [0.15, 0.2) is 18.5 Å². The second-order valence-electron chi connectivity index (χ2n) is 4.08. The van der Waals surface area contributed by atoms with Crippen LogP contribution in [-0.4, -0.2) is 51.2 Å². The van der Waals surface area contributed by atoms with E-state index in [0.717, 1.165) is 0 Å². The Morgan fingerprint density at radius 2 is 2.24 bits per heavy atom. The summed E-state index contributed by atoms with van der Waals surface area (Å²) in [6, 6.07) is 1.74. The van der Waals surface area contributed by atoms with E-state index in [4.69, 9.17) is 4.74 Å². The molecule has 9 nitrogen and oxygen atoms in total. The molecular weight excluding hydrogens is 276 g/mol. The number of nitrogens with zero attached hydrogens (tertiary/aromatic N) is 4. The first-order chi connectivity index (χ1) is 10.2. The Hall–Kier alpha value is -2.55. The van der Waals surface area contributed by atoms with Gasteiger partial charge in [-0.2, -0.15) is 4.98 Å². The highest BCUT2D eigenvalue weighted by molar-refractivity contribution is 5.79. The van der Waals surface area contributed by atoms with E-state index in [0.29, 0.717) is 18.2 Å². The van der Waals surface area contributed by atoms with Crippen molar-refractivity contribution in [1.29, 1.82) is 0 Å². The molecule has 0 aliphatic heterocycles. The summed E-state index contributed by atoms with van der Waals surface area (Å²) < 4.78 is 6.25. The van der Waals surface area contributed by atoms with E-state index in [1.807, 2.05) is 0 Å². The zero-order valence-electron chi connectivity index (χ0n) is 11.6. The van der Waals surface area contributed by atoms with Crippen LogP contribution in [-0.2, 0) is 20.9 Å². The molecule has 1 amide bonds. The van der Waals surface area contributed by atoms with Gasteiger partial charge in [0.25, 0.3) is 5.78 Å². The predicted molar refractivity (Wildman–Crippen MR) is 72.1 cm³/mol. The van der Waals surface area contributed by atoms with Crippen molar-refractivity contribution in [3.8, 4) is 0 Å². The number of ether oxygens (including phenoxy) is 1. The van der Waals surface area contributed by atoms with E-state index in [9.17, 15) is 9.59 Å². The number of nitrogens with one attached hydrogen (secondary N) is 2. The fourth-order valence-electron chi connectivity index (χ4n) is 1.58. The molecule has 0 saturated carbocycles. The number of amides is 1. The van der Waals surface area contributed by atoms with Gasteiger partial charge in [0.15, 0.2) is 5.82 Å². The molecule has 0 spiro atoms. The minimum absolute atomic E-state index is 0.00219. The average molecular weight is 292 g/mol. The summed E-state index contributed by atoms with van der Waals surface area (Å²) in [7, 11) is 0. The van der Waals surface area contributed by atoms with Crippen LogP contribution in [0.1, 0.15) is 12.7 Å². The van der Waals surface area contributed by atoms with Crippen molar-refractivity contribution in [3.63, 3.8) is 0 Å². The number of hydrogen-bond acceptors (Lipinski definition) is 7. The Morgan fingerprint density at radius 1 is 1.38 bits per heavy atom. The lowest BCUT2D eigenvalue weighted by molar-refractivity contribution is -0.142. The molecule has 21 heavy (non-hydrogen) atoms. The molecule has 2 aromatic rings. The Bertz CT molecular complexity index is 593. The van der Waals surface area contributed by atoms with E-state index < -0.39 is 5.97 Å². The second-order valence-corrected chi connectivity index (χ2v) is 4.08. The third kappa shape index (κ3) is 4.49. The Balaban J connectivity index is 1.72. The fourth-order valence-corrected chi connectivity index (χ4v) is 1.58. The summed E-state index contributed by atoms with van der Waals surface area (Å²) in [5, 5.41) is 9.48. The molecule has 112 valence electrons. The number of carbonyl (C=O) groups excluding carboxylic acids is 2. The molecule has 0 unspecified atom stereocenters. The highest BCUT2D eigenvalue weighted by atomic mass is 16.5. The van der Waals surface area contributed by atoms with Crippen molar-refractivity contribution in [2.24, 2.45) is 0 Å². The Morgan fingerprint density at radius 3 is 3.00 bits per heavy atom. The molecule has 0 saturated heterocycles. The minimum Gasteiger partial charge on any atom is -0.465 e. The molecule has 2 N–H and O–H groups in total. The summed E-state index contributed by atoms with van der Waals surface area (Å²) in [5.41, 5.74) is 0. The SMILES string of the molecule is CCOC(=O)CNCC(=O)NCc1nc2ncccn2n1. The molecule has 0 aromatic carbocycles. The van der Waals surface area contributed by atoms with Crippen LogP contribution in [0.5, 0.6) is 0 Å². The van der Waals surface area contributed by atoms with Crippen molar-refractivity contribution in [2.75, 3.05) is 19.7 Å². The van der Waals surface area contributed by atoms with Gasteiger partial charge in [-0.05, 0) is 13.0 Å². The van der Waals surface area contributed by atoms with Gasteiger partial charge in [-0.1, -0.05) is 0 Å². The van der Waals surface area contributed by atoms with Gasteiger partial charge in [0, 0.05) is 12.4 Å². The summed E-state index contributed by atoms with van der Waals surface area (Å²) >= 11 is 0. The summed E-state index contributed by atoms with van der Waals surface area (Å²) in [4.78, 5) is 30.8. The lowest BCUT2D eigenvalue weighted by Crippen LogP contribution is -2.36. The minimum atomic E-state index is -0.390. The van der Waals surface area contributed by atoms with Gasteiger partial charge in [0.2, 0.25) is 5.91 Å². The number of aromatic nitrogens is 4. The fraction of sp³-hybridized carbons (Fsp3) is 0.417. The van der Waals surface area contributed by atoms with Crippen molar-refractivity contribution in [1.82, 2.24) is 30.2 Å². The number of esters is 1. The monoisotopic (exact) mass is 292 g/mol. The van der Waals surface area contributed by atoms with Crippen molar-refractivity contribution in [3.05, 3.63) is 24.3 Å². The highest BCUT2D eigenvalue weighted by Crippen LogP contribution is 1.96. The van der Waals surface area contributed by atoms with Crippen molar-refractivity contribution >= 4 is 17.7 Å². The first-order valence-electron chi connectivity index (χ1n) is 6.48. The Kier molecular flexibility index (Phi) is 5.16. The zero-order chi connectivity index (χ0) is 15.1. The average Bonchev–Trinajstić information content (AvgIpc) is 2.88. The third-order valence-corrected chi connectivity index (χ3v) is 2.46. The van der Waals surface area contributed by atoms with Crippen molar-refractivity contribution < 1.29 is 14.3 Å². The normalized spacial score (nSPS) is 10.5. The standard InChI is InChI=1S/C12H16N6O3/c1-2-21-11(20)8-13-7-10(19)15-6-9-16-12-14-4-3-5-18(12)17-9/h3-5,13H,2,6-8H2,1H3,(H,15,19). The third-order valence-electron chi connectivity index (χ3n) is 2.46. The quantitative estimate of drug-likeness (QED) is 0.623. The maximum Gasteiger partial charge on any atom is 0.319 e.